The van der Waals surface area contributed by atoms with E-state index in [1.807, 2.05) is 0 Å². The Labute approximate surface area is 97.3 Å². The van der Waals surface area contributed by atoms with E-state index in [1.165, 1.54) is 23.6 Å². The maximum Gasteiger partial charge on any atom is 0.348 e. The van der Waals surface area contributed by atoms with Crippen LogP contribution in [0.1, 0.15) is 12.8 Å². The van der Waals surface area contributed by atoms with Gasteiger partial charge < -0.3 is 10.6 Å². The van der Waals surface area contributed by atoms with Gasteiger partial charge in [0.25, 0.3) is 0 Å². The van der Waals surface area contributed by atoms with Gasteiger partial charge in [-0.05, 0) is 19.4 Å². The summed E-state index contributed by atoms with van der Waals surface area (Å²) < 4.78 is 1.37. The quantitative estimate of drug-likeness (QED) is 0.671. The summed E-state index contributed by atoms with van der Waals surface area (Å²) in [5.41, 5.74) is 0.309. The Morgan fingerprint density at radius 3 is 3.35 bits per heavy atom. The molecule has 2 aromatic heterocycles. The van der Waals surface area contributed by atoms with Crippen LogP contribution in [0.2, 0.25) is 0 Å². The minimum atomic E-state index is -0.267. The lowest BCUT2D eigenvalue weighted by Crippen LogP contribution is -2.29. The first-order valence-corrected chi connectivity index (χ1v) is 5.73. The van der Waals surface area contributed by atoms with Crippen molar-refractivity contribution in [2.75, 3.05) is 18.4 Å². The predicted octanol–water partition coefficient (Wildman–Crippen LogP) is -0.419. The molecular formula is C10H14N6O. The van der Waals surface area contributed by atoms with Crippen LogP contribution in [-0.4, -0.2) is 38.7 Å². The van der Waals surface area contributed by atoms with E-state index in [4.69, 9.17) is 0 Å². The van der Waals surface area contributed by atoms with Gasteiger partial charge in [-0.3, -0.25) is 0 Å². The summed E-state index contributed by atoms with van der Waals surface area (Å²) in [4.78, 5) is 15.4. The largest absolute Gasteiger partial charge is 0.368 e. The lowest BCUT2D eigenvalue weighted by molar-refractivity contribution is 0.632. The SMILES string of the molecule is O=c1[nH]nc2cc(NCC3CCCN3)ncn12. The zero-order chi connectivity index (χ0) is 11.7. The molecule has 0 bridgehead atoms. The second-order valence-electron chi connectivity index (χ2n) is 4.21. The molecule has 7 nitrogen and oxygen atoms in total. The van der Waals surface area contributed by atoms with Crippen LogP contribution in [0.25, 0.3) is 5.65 Å². The maximum atomic E-state index is 11.2. The van der Waals surface area contributed by atoms with Crippen molar-refractivity contribution in [3.63, 3.8) is 0 Å². The Morgan fingerprint density at radius 2 is 2.53 bits per heavy atom. The van der Waals surface area contributed by atoms with Gasteiger partial charge in [0.05, 0.1) is 0 Å². The number of rotatable bonds is 3. The molecule has 0 saturated carbocycles. The molecule has 1 aliphatic heterocycles. The third-order valence-corrected chi connectivity index (χ3v) is 3.00. The molecule has 0 spiro atoms. The Hall–Kier alpha value is -1.89. The average Bonchev–Trinajstić information content (AvgIpc) is 2.97. The van der Waals surface area contributed by atoms with Crippen molar-refractivity contribution in [3.8, 4) is 0 Å². The van der Waals surface area contributed by atoms with E-state index in [9.17, 15) is 4.79 Å². The van der Waals surface area contributed by atoms with Crippen molar-refractivity contribution in [2.45, 2.75) is 18.9 Å². The summed E-state index contributed by atoms with van der Waals surface area (Å²) in [6.45, 7) is 1.94. The van der Waals surface area contributed by atoms with Crippen molar-refractivity contribution in [1.82, 2.24) is 24.9 Å². The highest BCUT2D eigenvalue weighted by molar-refractivity contribution is 5.48. The smallest absolute Gasteiger partial charge is 0.348 e. The zero-order valence-corrected chi connectivity index (χ0v) is 9.31. The maximum absolute atomic E-state index is 11.2. The summed E-state index contributed by atoms with van der Waals surface area (Å²) >= 11 is 0. The van der Waals surface area contributed by atoms with Crippen molar-refractivity contribution in [2.24, 2.45) is 0 Å². The van der Waals surface area contributed by atoms with Gasteiger partial charge in [0, 0.05) is 18.7 Å². The fourth-order valence-electron chi connectivity index (χ4n) is 2.07. The van der Waals surface area contributed by atoms with E-state index < -0.39 is 0 Å². The van der Waals surface area contributed by atoms with E-state index in [-0.39, 0.29) is 5.69 Å². The second-order valence-corrected chi connectivity index (χ2v) is 4.21. The second kappa shape index (κ2) is 4.17. The van der Waals surface area contributed by atoms with Gasteiger partial charge in [-0.25, -0.2) is 19.3 Å². The monoisotopic (exact) mass is 234 g/mol. The highest BCUT2D eigenvalue weighted by Crippen LogP contribution is 2.08. The van der Waals surface area contributed by atoms with Gasteiger partial charge in [0.1, 0.15) is 12.1 Å². The van der Waals surface area contributed by atoms with Crippen molar-refractivity contribution >= 4 is 11.5 Å². The summed E-state index contributed by atoms with van der Waals surface area (Å²) in [7, 11) is 0. The Morgan fingerprint density at radius 1 is 1.59 bits per heavy atom. The van der Waals surface area contributed by atoms with Gasteiger partial charge in [0.2, 0.25) is 0 Å². The summed E-state index contributed by atoms with van der Waals surface area (Å²) in [6, 6.07) is 2.27. The first-order valence-electron chi connectivity index (χ1n) is 5.73. The molecule has 0 aliphatic carbocycles. The summed E-state index contributed by atoms with van der Waals surface area (Å²) in [6.07, 6.45) is 3.90. The third-order valence-electron chi connectivity index (χ3n) is 3.00. The molecule has 0 aromatic carbocycles. The number of nitrogens with zero attached hydrogens (tertiary/aromatic N) is 3. The molecule has 2 aromatic rings. The predicted molar refractivity (Wildman–Crippen MR) is 63.1 cm³/mol. The number of aromatic nitrogens is 4. The minimum Gasteiger partial charge on any atom is -0.368 e. The fourth-order valence-corrected chi connectivity index (χ4v) is 2.07. The lowest BCUT2D eigenvalue weighted by Gasteiger charge is -2.11. The van der Waals surface area contributed by atoms with Crippen LogP contribution in [0.15, 0.2) is 17.2 Å². The van der Waals surface area contributed by atoms with E-state index >= 15 is 0 Å². The topological polar surface area (TPSA) is 87.1 Å². The number of aromatic amines is 1. The van der Waals surface area contributed by atoms with Crippen molar-refractivity contribution < 1.29 is 0 Å². The van der Waals surface area contributed by atoms with Gasteiger partial charge in [-0.15, -0.1) is 0 Å². The molecule has 1 atom stereocenters. The first-order chi connectivity index (χ1) is 8.33. The standard InChI is InChI=1S/C10H14N6O/c17-10-15-14-9-4-8(13-6-16(9)10)12-5-7-2-1-3-11-7/h4,6-7,11-12H,1-3,5H2,(H,15,17). The third kappa shape index (κ3) is 2.01. The fraction of sp³-hybridized carbons (Fsp3) is 0.500. The molecule has 0 amide bonds. The van der Waals surface area contributed by atoms with Crippen LogP contribution in [0.3, 0.4) is 0 Å². The molecular weight excluding hydrogens is 220 g/mol. The number of fused-ring (bicyclic) bond motifs is 1. The minimum absolute atomic E-state index is 0.267. The molecule has 17 heavy (non-hydrogen) atoms. The van der Waals surface area contributed by atoms with E-state index in [2.05, 4.69) is 25.8 Å². The first kappa shape index (κ1) is 10.3. The van der Waals surface area contributed by atoms with Gasteiger partial charge in [-0.1, -0.05) is 0 Å². The van der Waals surface area contributed by atoms with Crippen LogP contribution >= 0.6 is 0 Å². The molecule has 0 radical (unpaired) electrons. The molecule has 3 rings (SSSR count). The molecule has 3 heterocycles. The number of nitrogens with one attached hydrogen (secondary N) is 3. The molecule has 7 heteroatoms. The number of hydrogen-bond acceptors (Lipinski definition) is 5. The van der Waals surface area contributed by atoms with Gasteiger partial charge in [-0.2, -0.15) is 5.10 Å². The van der Waals surface area contributed by atoms with Crippen LogP contribution in [0.4, 0.5) is 5.82 Å². The van der Waals surface area contributed by atoms with Gasteiger partial charge >= 0.3 is 5.69 Å². The molecule has 90 valence electrons. The van der Waals surface area contributed by atoms with E-state index in [0.717, 1.165) is 18.9 Å². The molecule has 1 aliphatic rings. The summed E-state index contributed by atoms with van der Waals surface area (Å²) in [5.74, 6) is 0.741. The Balaban J connectivity index is 1.74. The van der Waals surface area contributed by atoms with E-state index in [0.29, 0.717) is 11.7 Å². The molecule has 1 saturated heterocycles. The molecule has 3 N–H and O–H groups in total. The number of hydrogen-bond donors (Lipinski definition) is 3. The summed E-state index contributed by atoms with van der Waals surface area (Å²) in [5, 5.41) is 12.9. The average molecular weight is 234 g/mol. The Bertz CT molecular complexity index is 567. The van der Waals surface area contributed by atoms with Crippen LogP contribution in [0.5, 0.6) is 0 Å². The van der Waals surface area contributed by atoms with Crippen molar-refractivity contribution in [3.05, 3.63) is 22.9 Å². The number of H-pyrrole nitrogens is 1. The highest BCUT2D eigenvalue weighted by atomic mass is 16.1. The zero-order valence-electron chi connectivity index (χ0n) is 9.31. The normalized spacial score (nSPS) is 19.9. The number of anilines is 1. The van der Waals surface area contributed by atoms with Crippen molar-refractivity contribution in [1.29, 1.82) is 0 Å². The van der Waals surface area contributed by atoms with Gasteiger partial charge in [0.15, 0.2) is 5.65 Å². The molecule has 1 unspecified atom stereocenters. The lowest BCUT2D eigenvalue weighted by atomic mass is 10.2. The highest BCUT2D eigenvalue weighted by Gasteiger charge is 2.13. The van der Waals surface area contributed by atoms with Crippen LogP contribution in [-0.2, 0) is 0 Å². The van der Waals surface area contributed by atoms with Crippen LogP contribution < -0.4 is 16.3 Å². The van der Waals surface area contributed by atoms with Crippen LogP contribution in [0, 0.1) is 0 Å². The Kier molecular flexibility index (Phi) is 2.52. The molecule has 1 fully saturated rings. The van der Waals surface area contributed by atoms with E-state index in [1.54, 1.807) is 6.07 Å².